The Kier molecular flexibility index (Phi) is 6.10. The van der Waals surface area contributed by atoms with Crippen LogP contribution in [0.1, 0.15) is 18.9 Å². The third kappa shape index (κ3) is 4.34. The molecule has 138 valence electrons. The number of rotatable bonds is 6. The molecule has 0 radical (unpaired) electrons. The minimum absolute atomic E-state index is 0.152. The fourth-order valence-corrected chi connectivity index (χ4v) is 3.37. The quantitative estimate of drug-likeness (QED) is 0.861. The van der Waals surface area contributed by atoms with Crippen LogP contribution in [0.4, 0.5) is 15.8 Å². The molecule has 0 unspecified atom stereocenters. The molecule has 5 heteroatoms. The van der Waals surface area contributed by atoms with Gasteiger partial charge in [-0.3, -0.25) is 4.79 Å². The topological polar surface area (TPSA) is 35.6 Å². The largest absolute Gasteiger partial charge is 0.384 e. The molecule has 1 fully saturated rings. The lowest BCUT2D eigenvalue weighted by atomic mass is 10.1. The number of nitrogens with one attached hydrogen (secondary N) is 1. The number of nitrogens with zero attached hydrogens (tertiary/aromatic N) is 2. The first-order valence-corrected chi connectivity index (χ1v) is 9.28. The van der Waals surface area contributed by atoms with Crippen molar-refractivity contribution in [3.05, 3.63) is 59.9 Å². The van der Waals surface area contributed by atoms with E-state index in [1.54, 1.807) is 12.1 Å². The third-order valence-corrected chi connectivity index (χ3v) is 4.88. The van der Waals surface area contributed by atoms with Gasteiger partial charge in [0.15, 0.2) is 0 Å². The standard InChI is InChI=1S/C21H26FN3O/c1-2-17-7-3-5-9-19(17)23-12-11-21(26)25-15-13-24(14-16-25)20-10-6-4-8-18(20)22/h3-10,23H,2,11-16H2,1H3. The Balaban J connectivity index is 1.46. The average Bonchev–Trinajstić information content (AvgIpc) is 2.69. The summed E-state index contributed by atoms with van der Waals surface area (Å²) in [5.41, 5.74) is 2.99. The maximum atomic E-state index is 13.9. The van der Waals surface area contributed by atoms with Crippen molar-refractivity contribution in [2.75, 3.05) is 42.9 Å². The van der Waals surface area contributed by atoms with Gasteiger partial charge in [0.2, 0.25) is 5.91 Å². The van der Waals surface area contributed by atoms with Gasteiger partial charge in [-0.15, -0.1) is 0 Å². The molecule has 1 aliphatic heterocycles. The highest BCUT2D eigenvalue weighted by molar-refractivity contribution is 5.77. The van der Waals surface area contributed by atoms with E-state index in [-0.39, 0.29) is 11.7 Å². The van der Waals surface area contributed by atoms with Crippen LogP contribution in [0.25, 0.3) is 0 Å². The molecule has 0 saturated carbocycles. The normalized spacial score (nSPS) is 14.4. The SMILES string of the molecule is CCc1ccccc1NCCC(=O)N1CCN(c2ccccc2F)CC1. The number of para-hydroxylation sites is 2. The number of anilines is 2. The zero-order chi connectivity index (χ0) is 18.4. The van der Waals surface area contributed by atoms with Gasteiger partial charge in [-0.2, -0.15) is 0 Å². The minimum atomic E-state index is -0.203. The zero-order valence-electron chi connectivity index (χ0n) is 15.2. The van der Waals surface area contributed by atoms with Crippen molar-refractivity contribution in [1.29, 1.82) is 0 Å². The Morgan fingerprint density at radius 2 is 1.73 bits per heavy atom. The lowest BCUT2D eigenvalue weighted by Crippen LogP contribution is -2.49. The molecular formula is C21H26FN3O. The van der Waals surface area contributed by atoms with Crippen molar-refractivity contribution in [2.45, 2.75) is 19.8 Å². The van der Waals surface area contributed by atoms with Gasteiger partial charge in [0.1, 0.15) is 5.82 Å². The van der Waals surface area contributed by atoms with Crippen LogP contribution in [0.15, 0.2) is 48.5 Å². The van der Waals surface area contributed by atoms with Gasteiger partial charge in [-0.1, -0.05) is 37.3 Å². The van der Waals surface area contributed by atoms with Gasteiger partial charge >= 0.3 is 0 Å². The van der Waals surface area contributed by atoms with Crippen LogP contribution in [0, 0.1) is 5.82 Å². The maximum absolute atomic E-state index is 13.9. The summed E-state index contributed by atoms with van der Waals surface area (Å²) in [6.07, 6.45) is 1.44. The van der Waals surface area contributed by atoms with Gasteiger partial charge in [-0.25, -0.2) is 4.39 Å². The minimum Gasteiger partial charge on any atom is -0.384 e. The van der Waals surface area contributed by atoms with Crippen LogP contribution < -0.4 is 10.2 Å². The van der Waals surface area contributed by atoms with E-state index in [4.69, 9.17) is 0 Å². The molecular weight excluding hydrogens is 329 g/mol. The van der Waals surface area contributed by atoms with E-state index in [1.807, 2.05) is 28.0 Å². The number of hydrogen-bond donors (Lipinski definition) is 1. The summed E-state index contributed by atoms with van der Waals surface area (Å²) in [5, 5.41) is 3.37. The van der Waals surface area contributed by atoms with E-state index in [2.05, 4.69) is 24.4 Å². The molecule has 1 N–H and O–H groups in total. The molecule has 0 aromatic heterocycles. The lowest BCUT2D eigenvalue weighted by Gasteiger charge is -2.36. The van der Waals surface area contributed by atoms with Crippen LogP contribution in [0.5, 0.6) is 0 Å². The Morgan fingerprint density at radius 3 is 2.46 bits per heavy atom. The van der Waals surface area contributed by atoms with E-state index >= 15 is 0 Å². The van der Waals surface area contributed by atoms with Crippen molar-refractivity contribution >= 4 is 17.3 Å². The Hall–Kier alpha value is -2.56. The summed E-state index contributed by atoms with van der Waals surface area (Å²) in [7, 11) is 0. The fraction of sp³-hybridized carbons (Fsp3) is 0.381. The third-order valence-electron chi connectivity index (χ3n) is 4.88. The van der Waals surface area contributed by atoms with E-state index < -0.39 is 0 Å². The molecule has 1 amide bonds. The highest BCUT2D eigenvalue weighted by Crippen LogP contribution is 2.20. The van der Waals surface area contributed by atoms with Gasteiger partial charge in [-0.05, 0) is 30.2 Å². The predicted octanol–water partition coefficient (Wildman–Crippen LogP) is 3.54. The molecule has 0 atom stereocenters. The summed E-state index contributed by atoms with van der Waals surface area (Å²) in [6, 6.07) is 15.0. The molecule has 26 heavy (non-hydrogen) atoms. The van der Waals surface area contributed by atoms with Crippen molar-refractivity contribution in [3.63, 3.8) is 0 Å². The number of piperazine rings is 1. The Labute approximate surface area is 154 Å². The highest BCUT2D eigenvalue weighted by atomic mass is 19.1. The molecule has 2 aromatic carbocycles. The van der Waals surface area contributed by atoms with Crippen molar-refractivity contribution in [2.24, 2.45) is 0 Å². The maximum Gasteiger partial charge on any atom is 0.224 e. The predicted molar refractivity (Wildman–Crippen MR) is 104 cm³/mol. The second kappa shape index (κ2) is 8.70. The number of halogens is 1. The van der Waals surface area contributed by atoms with Crippen molar-refractivity contribution in [1.82, 2.24) is 4.90 Å². The highest BCUT2D eigenvalue weighted by Gasteiger charge is 2.22. The number of carbonyl (C=O) groups is 1. The molecule has 0 bridgehead atoms. The van der Waals surface area contributed by atoms with E-state index in [0.717, 1.165) is 12.1 Å². The summed E-state index contributed by atoms with van der Waals surface area (Å²) in [6.45, 7) is 5.36. The molecule has 1 saturated heterocycles. The number of benzene rings is 2. The first kappa shape index (κ1) is 18.2. The van der Waals surface area contributed by atoms with Crippen LogP contribution in [0.2, 0.25) is 0 Å². The van der Waals surface area contributed by atoms with E-state index in [9.17, 15) is 9.18 Å². The first-order valence-electron chi connectivity index (χ1n) is 9.28. The van der Waals surface area contributed by atoms with Gasteiger partial charge < -0.3 is 15.1 Å². The van der Waals surface area contributed by atoms with Crippen LogP contribution in [-0.4, -0.2) is 43.5 Å². The second-order valence-corrected chi connectivity index (χ2v) is 6.51. The average molecular weight is 355 g/mol. The van der Waals surface area contributed by atoms with E-state index in [1.165, 1.54) is 11.6 Å². The zero-order valence-corrected chi connectivity index (χ0v) is 15.2. The van der Waals surface area contributed by atoms with Crippen molar-refractivity contribution < 1.29 is 9.18 Å². The van der Waals surface area contributed by atoms with Crippen LogP contribution >= 0.6 is 0 Å². The summed E-state index contributed by atoms with van der Waals surface area (Å²) in [5.74, 6) is -0.0503. The number of carbonyl (C=O) groups excluding carboxylic acids is 1. The molecule has 4 nitrogen and oxygen atoms in total. The smallest absolute Gasteiger partial charge is 0.224 e. The lowest BCUT2D eigenvalue weighted by molar-refractivity contribution is -0.131. The monoisotopic (exact) mass is 355 g/mol. The first-order chi connectivity index (χ1) is 12.7. The Morgan fingerprint density at radius 1 is 1.04 bits per heavy atom. The molecule has 1 heterocycles. The Bertz CT molecular complexity index is 742. The molecule has 1 aliphatic rings. The second-order valence-electron chi connectivity index (χ2n) is 6.51. The molecule has 2 aromatic rings. The summed E-state index contributed by atoms with van der Waals surface area (Å²) in [4.78, 5) is 16.3. The van der Waals surface area contributed by atoms with Gasteiger partial charge in [0, 0.05) is 44.8 Å². The number of hydrogen-bond acceptors (Lipinski definition) is 3. The number of aryl methyl sites for hydroxylation is 1. The molecule has 3 rings (SSSR count). The fourth-order valence-electron chi connectivity index (χ4n) is 3.37. The van der Waals surface area contributed by atoms with E-state index in [0.29, 0.717) is 44.8 Å². The summed E-state index contributed by atoms with van der Waals surface area (Å²) >= 11 is 0. The summed E-state index contributed by atoms with van der Waals surface area (Å²) < 4.78 is 13.9. The molecule has 0 spiro atoms. The van der Waals surface area contributed by atoms with Crippen LogP contribution in [0.3, 0.4) is 0 Å². The number of amides is 1. The van der Waals surface area contributed by atoms with Gasteiger partial charge in [0.25, 0.3) is 0 Å². The van der Waals surface area contributed by atoms with Gasteiger partial charge in [0.05, 0.1) is 5.69 Å². The van der Waals surface area contributed by atoms with Crippen molar-refractivity contribution in [3.8, 4) is 0 Å². The van der Waals surface area contributed by atoms with Crippen LogP contribution in [-0.2, 0) is 11.2 Å². The molecule has 0 aliphatic carbocycles.